The molecule has 1 fully saturated rings. The van der Waals surface area contributed by atoms with Gasteiger partial charge < -0.3 is 5.11 Å². The highest BCUT2D eigenvalue weighted by Crippen LogP contribution is 2.21. The van der Waals surface area contributed by atoms with E-state index in [-0.39, 0.29) is 0 Å². The zero-order valence-electron chi connectivity index (χ0n) is 7.77. The number of aromatic nitrogens is 1. The van der Waals surface area contributed by atoms with Gasteiger partial charge in [0, 0.05) is 32.0 Å². The summed E-state index contributed by atoms with van der Waals surface area (Å²) in [6.07, 6.45) is 3.60. The zero-order chi connectivity index (χ0) is 9.31. The Kier molecular flexibility index (Phi) is 2.06. The highest BCUT2D eigenvalue weighted by Gasteiger charge is 2.35. The molecule has 0 unspecified atom stereocenters. The number of rotatable bonds is 2. The summed E-state index contributed by atoms with van der Waals surface area (Å²) in [5.41, 5.74) is 0.790. The van der Waals surface area contributed by atoms with Gasteiger partial charge in [-0.25, -0.2) is 0 Å². The van der Waals surface area contributed by atoms with Gasteiger partial charge in [0.25, 0.3) is 0 Å². The average Bonchev–Trinajstić information content (AvgIpc) is 2.03. The van der Waals surface area contributed by atoms with Gasteiger partial charge in [0.2, 0.25) is 0 Å². The monoisotopic (exact) mass is 178 g/mol. The summed E-state index contributed by atoms with van der Waals surface area (Å²) in [5, 5.41) is 9.51. The van der Waals surface area contributed by atoms with Crippen LogP contribution < -0.4 is 0 Å². The van der Waals surface area contributed by atoms with Gasteiger partial charge in [-0.15, -0.1) is 0 Å². The number of nitrogens with zero attached hydrogens (tertiary/aromatic N) is 2. The molecule has 0 atom stereocenters. The van der Waals surface area contributed by atoms with Crippen molar-refractivity contribution in [2.24, 2.45) is 0 Å². The molecule has 13 heavy (non-hydrogen) atoms. The average molecular weight is 178 g/mol. The molecule has 3 nitrogen and oxygen atoms in total. The first-order valence-corrected chi connectivity index (χ1v) is 4.49. The number of likely N-dealkylation sites (tertiary alicyclic amines) is 1. The second kappa shape index (κ2) is 3.09. The van der Waals surface area contributed by atoms with Gasteiger partial charge in [0.15, 0.2) is 0 Å². The number of β-amino-alcohol motifs (C(OH)–C–C–N with tert-alkyl or cyclic N) is 1. The van der Waals surface area contributed by atoms with E-state index < -0.39 is 5.60 Å². The Labute approximate surface area is 78.0 Å². The Morgan fingerprint density at radius 2 is 2.08 bits per heavy atom. The van der Waals surface area contributed by atoms with Crippen molar-refractivity contribution in [3.05, 3.63) is 30.1 Å². The lowest BCUT2D eigenvalue weighted by Crippen LogP contribution is -2.59. The van der Waals surface area contributed by atoms with E-state index in [0.717, 1.165) is 19.6 Å². The topological polar surface area (TPSA) is 36.4 Å². The summed E-state index contributed by atoms with van der Waals surface area (Å²) in [7, 11) is 0. The summed E-state index contributed by atoms with van der Waals surface area (Å²) in [6, 6.07) is 4.01. The van der Waals surface area contributed by atoms with Crippen LogP contribution in [-0.2, 0) is 6.54 Å². The van der Waals surface area contributed by atoms with Gasteiger partial charge in [0.1, 0.15) is 0 Å². The minimum atomic E-state index is -0.465. The molecule has 1 aliphatic heterocycles. The lowest BCUT2D eigenvalue weighted by Gasteiger charge is -2.44. The van der Waals surface area contributed by atoms with Crippen molar-refractivity contribution in [3.8, 4) is 0 Å². The summed E-state index contributed by atoms with van der Waals surface area (Å²) < 4.78 is 0. The van der Waals surface area contributed by atoms with Crippen LogP contribution in [0.2, 0.25) is 0 Å². The molecule has 0 aliphatic carbocycles. The molecule has 1 N–H and O–H groups in total. The fourth-order valence-electron chi connectivity index (χ4n) is 1.78. The van der Waals surface area contributed by atoms with E-state index >= 15 is 0 Å². The first-order chi connectivity index (χ1) is 6.16. The van der Waals surface area contributed by atoms with Crippen LogP contribution in [0.3, 0.4) is 0 Å². The van der Waals surface area contributed by atoms with E-state index in [1.165, 1.54) is 5.56 Å². The van der Waals surface area contributed by atoms with Crippen LogP contribution in [-0.4, -0.2) is 33.7 Å². The Bertz CT molecular complexity index is 276. The highest BCUT2D eigenvalue weighted by molar-refractivity contribution is 5.10. The molecule has 0 saturated carbocycles. The molecule has 2 heterocycles. The third-order valence-electron chi connectivity index (χ3n) is 2.28. The van der Waals surface area contributed by atoms with Crippen LogP contribution in [0.1, 0.15) is 12.5 Å². The van der Waals surface area contributed by atoms with E-state index in [9.17, 15) is 5.11 Å². The van der Waals surface area contributed by atoms with Gasteiger partial charge in [-0.05, 0) is 24.6 Å². The number of hydrogen-bond donors (Lipinski definition) is 1. The first kappa shape index (κ1) is 8.66. The van der Waals surface area contributed by atoms with Crippen LogP contribution in [0, 0.1) is 0 Å². The first-order valence-electron chi connectivity index (χ1n) is 4.49. The molecule has 3 heteroatoms. The maximum atomic E-state index is 9.51. The number of aliphatic hydroxyl groups is 1. The third-order valence-corrected chi connectivity index (χ3v) is 2.28. The SMILES string of the molecule is CC1(O)CN(Cc2ccncc2)C1. The normalized spacial score (nSPS) is 21.1. The Morgan fingerprint density at radius 1 is 1.46 bits per heavy atom. The maximum Gasteiger partial charge on any atom is 0.0872 e. The lowest BCUT2D eigenvalue weighted by atomic mass is 9.96. The van der Waals surface area contributed by atoms with Gasteiger partial charge in [-0.3, -0.25) is 9.88 Å². The summed E-state index contributed by atoms with van der Waals surface area (Å²) in [6.45, 7) is 4.33. The van der Waals surface area contributed by atoms with Gasteiger partial charge >= 0.3 is 0 Å². The summed E-state index contributed by atoms with van der Waals surface area (Å²) in [5.74, 6) is 0. The Morgan fingerprint density at radius 3 is 2.62 bits per heavy atom. The molecule has 0 spiro atoms. The van der Waals surface area contributed by atoms with Crippen LogP contribution in [0.15, 0.2) is 24.5 Å². The zero-order valence-corrected chi connectivity index (χ0v) is 7.77. The van der Waals surface area contributed by atoms with Gasteiger partial charge in [-0.1, -0.05) is 0 Å². The summed E-state index contributed by atoms with van der Waals surface area (Å²) >= 11 is 0. The highest BCUT2D eigenvalue weighted by atomic mass is 16.3. The number of hydrogen-bond acceptors (Lipinski definition) is 3. The van der Waals surface area contributed by atoms with E-state index in [0.29, 0.717) is 0 Å². The third kappa shape index (κ3) is 2.05. The molecule has 1 aromatic rings. The Hall–Kier alpha value is -0.930. The molecule has 2 rings (SSSR count). The molecule has 1 aliphatic rings. The van der Waals surface area contributed by atoms with Crippen molar-refractivity contribution in [1.82, 2.24) is 9.88 Å². The quantitative estimate of drug-likeness (QED) is 0.722. The predicted octanol–water partition coefficient (Wildman–Crippen LogP) is 0.648. The van der Waals surface area contributed by atoms with E-state index in [2.05, 4.69) is 9.88 Å². The van der Waals surface area contributed by atoms with Gasteiger partial charge in [0.05, 0.1) is 5.60 Å². The van der Waals surface area contributed by atoms with Crippen molar-refractivity contribution in [2.45, 2.75) is 19.1 Å². The second-order valence-electron chi connectivity index (χ2n) is 4.00. The van der Waals surface area contributed by atoms with Crippen LogP contribution in [0.5, 0.6) is 0 Å². The molecule has 1 aromatic heterocycles. The second-order valence-corrected chi connectivity index (χ2v) is 4.00. The molecule has 0 radical (unpaired) electrons. The minimum Gasteiger partial charge on any atom is -0.388 e. The maximum absolute atomic E-state index is 9.51. The Balaban J connectivity index is 1.88. The molecular formula is C10H14N2O. The lowest BCUT2D eigenvalue weighted by molar-refractivity contribution is -0.0871. The van der Waals surface area contributed by atoms with Crippen LogP contribution in [0.25, 0.3) is 0 Å². The molecule has 1 saturated heterocycles. The minimum absolute atomic E-state index is 0.465. The molecule has 0 aromatic carbocycles. The largest absolute Gasteiger partial charge is 0.388 e. The van der Waals surface area contributed by atoms with Crippen LogP contribution in [0.4, 0.5) is 0 Å². The predicted molar refractivity (Wildman–Crippen MR) is 50.1 cm³/mol. The van der Waals surface area contributed by atoms with Gasteiger partial charge in [-0.2, -0.15) is 0 Å². The molecule has 0 amide bonds. The van der Waals surface area contributed by atoms with E-state index in [1.54, 1.807) is 12.4 Å². The van der Waals surface area contributed by atoms with Crippen LogP contribution >= 0.6 is 0 Å². The summed E-state index contributed by atoms with van der Waals surface area (Å²) in [4.78, 5) is 6.17. The van der Waals surface area contributed by atoms with E-state index in [4.69, 9.17) is 0 Å². The standard InChI is InChI=1S/C10H14N2O/c1-10(13)7-12(8-10)6-9-2-4-11-5-3-9/h2-5,13H,6-8H2,1H3. The smallest absolute Gasteiger partial charge is 0.0872 e. The van der Waals surface area contributed by atoms with Crippen molar-refractivity contribution in [3.63, 3.8) is 0 Å². The van der Waals surface area contributed by atoms with Crippen molar-refractivity contribution < 1.29 is 5.11 Å². The number of pyridine rings is 1. The molecule has 70 valence electrons. The molecular weight excluding hydrogens is 164 g/mol. The fourth-order valence-corrected chi connectivity index (χ4v) is 1.78. The molecule has 0 bridgehead atoms. The van der Waals surface area contributed by atoms with Crippen molar-refractivity contribution in [2.75, 3.05) is 13.1 Å². The van der Waals surface area contributed by atoms with Crippen molar-refractivity contribution in [1.29, 1.82) is 0 Å². The van der Waals surface area contributed by atoms with E-state index in [1.807, 2.05) is 19.1 Å². The fraction of sp³-hybridized carbons (Fsp3) is 0.500. The van der Waals surface area contributed by atoms with Crippen molar-refractivity contribution >= 4 is 0 Å².